The van der Waals surface area contributed by atoms with E-state index in [2.05, 4.69) is 4.74 Å². The van der Waals surface area contributed by atoms with Crippen molar-refractivity contribution in [2.24, 2.45) is 0 Å². The fourth-order valence-electron chi connectivity index (χ4n) is 0.0680. The average Bonchev–Trinajstić information content (AvgIpc) is 1.63. The molecule has 0 bridgehead atoms. The number of ether oxygens (including phenoxy) is 1. The van der Waals surface area contributed by atoms with Gasteiger partial charge >= 0.3 is 0 Å². The molecule has 0 rings (SSSR count). The van der Waals surface area contributed by atoms with E-state index in [9.17, 15) is 4.79 Å². The Labute approximate surface area is 59.4 Å². The summed E-state index contributed by atoms with van der Waals surface area (Å²) in [5.74, 6) is 0. The van der Waals surface area contributed by atoms with Crippen LogP contribution in [0.1, 0.15) is 6.92 Å². The molecular weight excluding hydrogens is 167 g/mol. The first kappa shape index (κ1) is 12.3. The summed E-state index contributed by atoms with van der Waals surface area (Å²) in [6.45, 7) is 2.66. The third-order valence-corrected chi connectivity index (χ3v) is 0.235. The van der Waals surface area contributed by atoms with Crippen LogP contribution < -0.4 is 14.0 Å². The molecule has 0 unspecified atom stereocenters. The highest BCUT2D eigenvalue weighted by Gasteiger charge is 1.98. The first-order valence-corrected chi connectivity index (χ1v) is 3.36. The Hall–Kier alpha value is -0.400. The number of halogens is 1. The van der Waals surface area contributed by atoms with E-state index < -0.39 is 10.2 Å². The molecule has 0 saturated heterocycles. The van der Waals surface area contributed by atoms with Crippen molar-refractivity contribution in [3.63, 3.8) is 0 Å². The SMILES string of the molecule is CCOC=O.[O-][Cl+3]([O-])([O-])O. The van der Waals surface area contributed by atoms with Gasteiger partial charge in [-0.15, -0.1) is 0 Å². The summed E-state index contributed by atoms with van der Waals surface area (Å²) in [5, 5.41) is 0. The summed E-state index contributed by atoms with van der Waals surface area (Å²) in [6.07, 6.45) is 0. The summed E-state index contributed by atoms with van der Waals surface area (Å²) in [5.41, 5.74) is 0. The molecular formula is C3H7ClO6. The normalized spacial score (nSPS) is 9.30. The second kappa shape index (κ2) is 6.72. The van der Waals surface area contributed by atoms with Crippen LogP contribution in [0.4, 0.5) is 0 Å². The molecule has 10 heavy (non-hydrogen) atoms. The van der Waals surface area contributed by atoms with E-state index in [1.807, 2.05) is 0 Å². The Morgan fingerprint density at radius 2 is 1.90 bits per heavy atom. The molecule has 0 heterocycles. The van der Waals surface area contributed by atoms with Gasteiger partial charge in [-0.2, -0.15) is 14.0 Å². The fourth-order valence-corrected chi connectivity index (χ4v) is 0.0680. The molecule has 7 heteroatoms. The quantitative estimate of drug-likeness (QED) is 0.427. The predicted octanol–water partition coefficient (Wildman–Crippen LogP) is -3.94. The molecule has 62 valence electrons. The summed E-state index contributed by atoms with van der Waals surface area (Å²) >= 11 is 0. The van der Waals surface area contributed by atoms with Gasteiger partial charge in [-0.1, -0.05) is 0 Å². The smallest absolute Gasteiger partial charge is 0.293 e. The standard InChI is InChI=1S/C3H6O2.ClHO4/c1-2-5-3-4;2-1(3,4)5/h3H,2H2,1H3;(H,2,3,4,5). The van der Waals surface area contributed by atoms with Gasteiger partial charge in [-0.25, -0.2) is 0 Å². The van der Waals surface area contributed by atoms with Gasteiger partial charge in [0.2, 0.25) is 0 Å². The number of hydrogen-bond acceptors (Lipinski definition) is 6. The highest BCUT2D eigenvalue weighted by atomic mass is 35.7. The lowest BCUT2D eigenvalue weighted by atomic mass is 10.9. The van der Waals surface area contributed by atoms with Gasteiger partial charge in [-0.3, -0.25) is 4.79 Å². The predicted molar refractivity (Wildman–Crippen MR) is 19.9 cm³/mol. The van der Waals surface area contributed by atoms with Crippen LogP contribution in [0.15, 0.2) is 0 Å². The van der Waals surface area contributed by atoms with Crippen LogP contribution in [-0.2, 0) is 9.53 Å². The second-order valence-corrected chi connectivity index (χ2v) is 1.74. The summed E-state index contributed by atoms with van der Waals surface area (Å²) in [4.78, 5) is 9.18. The molecule has 0 radical (unpaired) electrons. The van der Waals surface area contributed by atoms with E-state index in [0.717, 1.165) is 0 Å². The molecule has 0 spiro atoms. The Balaban J connectivity index is 0. The van der Waals surface area contributed by atoms with Crippen molar-refractivity contribution >= 4 is 6.47 Å². The van der Waals surface area contributed by atoms with Gasteiger partial charge in [0.05, 0.1) is 21.5 Å². The van der Waals surface area contributed by atoms with Crippen molar-refractivity contribution < 1.29 is 38.4 Å². The van der Waals surface area contributed by atoms with Crippen molar-refractivity contribution in [3.05, 3.63) is 0 Å². The fraction of sp³-hybridized carbons (Fsp3) is 0.667. The molecule has 6 nitrogen and oxygen atoms in total. The van der Waals surface area contributed by atoms with E-state index in [1.54, 1.807) is 6.92 Å². The first-order chi connectivity index (χ1) is 4.41. The minimum Gasteiger partial charge on any atom is -0.468 e. The van der Waals surface area contributed by atoms with Gasteiger partial charge in [0.25, 0.3) is 6.47 Å². The minimum absolute atomic E-state index is 0.431. The van der Waals surface area contributed by atoms with Gasteiger partial charge in [0.1, 0.15) is 0 Å². The zero-order valence-electron chi connectivity index (χ0n) is 5.15. The molecule has 0 aromatic rings. The Morgan fingerprint density at radius 3 is 1.90 bits per heavy atom. The first-order valence-electron chi connectivity index (χ1n) is 2.10. The Bertz CT molecular complexity index is 71.6. The van der Waals surface area contributed by atoms with Crippen LogP contribution in [0.5, 0.6) is 0 Å². The highest BCUT2D eigenvalue weighted by molar-refractivity contribution is 5.36. The lowest BCUT2D eigenvalue weighted by Gasteiger charge is -2.03. The molecule has 0 aliphatic heterocycles. The van der Waals surface area contributed by atoms with Gasteiger partial charge in [0.15, 0.2) is 0 Å². The lowest BCUT2D eigenvalue weighted by Crippen LogP contribution is -2.58. The molecule has 0 amide bonds. The maximum atomic E-state index is 9.18. The molecule has 0 aliphatic rings. The van der Waals surface area contributed by atoms with Crippen LogP contribution in [0.25, 0.3) is 0 Å². The van der Waals surface area contributed by atoms with Crippen molar-refractivity contribution in [3.8, 4) is 0 Å². The zero-order chi connectivity index (χ0) is 8.62. The number of carbonyl (C=O) groups is 1. The maximum Gasteiger partial charge on any atom is 0.293 e. The molecule has 0 saturated carbocycles. The topological polar surface area (TPSA) is 116 Å². The summed E-state index contributed by atoms with van der Waals surface area (Å²) in [6, 6.07) is 0. The van der Waals surface area contributed by atoms with E-state index in [1.165, 1.54) is 0 Å². The van der Waals surface area contributed by atoms with E-state index in [4.69, 9.17) is 18.6 Å². The van der Waals surface area contributed by atoms with Crippen molar-refractivity contribution in [1.29, 1.82) is 0 Å². The van der Waals surface area contributed by atoms with Crippen LogP contribution >= 0.6 is 0 Å². The van der Waals surface area contributed by atoms with Crippen LogP contribution in [-0.4, -0.2) is 17.7 Å². The van der Waals surface area contributed by atoms with E-state index in [0.29, 0.717) is 13.1 Å². The van der Waals surface area contributed by atoms with Crippen molar-refractivity contribution in [2.75, 3.05) is 6.61 Å². The van der Waals surface area contributed by atoms with E-state index in [-0.39, 0.29) is 0 Å². The van der Waals surface area contributed by atoms with Gasteiger partial charge in [-0.05, 0) is 6.92 Å². The molecule has 0 aromatic heterocycles. The third-order valence-electron chi connectivity index (χ3n) is 0.235. The van der Waals surface area contributed by atoms with Gasteiger partial charge in [0, 0.05) is 0 Å². The van der Waals surface area contributed by atoms with Crippen molar-refractivity contribution in [2.45, 2.75) is 6.92 Å². The van der Waals surface area contributed by atoms with Crippen molar-refractivity contribution in [1.82, 2.24) is 0 Å². The number of carbonyl (C=O) groups excluding carboxylic acids is 1. The lowest BCUT2D eigenvalue weighted by molar-refractivity contribution is -1.92. The summed E-state index contributed by atoms with van der Waals surface area (Å²) < 4.78 is 36.9. The van der Waals surface area contributed by atoms with Crippen LogP contribution in [0.2, 0.25) is 0 Å². The third kappa shape index (κ3) is 129. The molecule has 0 atom stereocenters. The second-order valence-electron chi connectivity index (χ2n) is 0.948. The number of hydrogen-bond donors (Lipinski definition) is 1. The summed E-state index contributed by atoms with van der Waals surface area (Å²) in [7, 11) is -4.69. The Morgan fingerprint density at radius 1 is 1.60 bits per heavy atom. The average molecular weight is 175 g/mol. The zero-order valence-corrected chi connectivity index (χ0v) is 5.91. The monoisotopic (exact) mass is 174 g/mol. The molecule has 0 fully saturated rings. The number of rotatable bonds is 2. The minimum atomic E-state index is -4.69. The van der Waals surface area contributed by atoms with Crippen LogP contribution in [0, 0.1) is 10.2 Å². The molecule has 0 aliphatic carbocycles. The maximum absolute atomic E-state index is 9.18. The van der Waals surface area contributed by atoms with E-state index >= 15 is 0 Å². The highest BCUT2D eigenvalue weighted by Crippen LogP contribution is 1.60. The molecule has 1 N–H and O–H groups in total. The largest absolute Gasteiger partial charge is 0.468 e. The molecule has 0 aromatic carbocycles. The van der Waals surface area contributed by atoms with Crippen LogP contribution in [0.3, 0.4) is 0 Å². The Kier molecular flexibility index (Phi) is 8.26. The van der Waals surface area contributed by atoms with Gasteiger partial charge < -0.3 is 4.74 Å².